The van der Waals surface area contributed by atoms with Crippen molar-refractivity contribution in [2.24, 2.45) is 0 Å². The fourth-order valence-corrected chi connectivity index (χ4v) is 5.37. The van der Waals surface area contributed by atoms with Crippen molar-refractivity contribution >= 4 is 17.7 Å². The van der Waals surface area contributed by atoms with Gasteiger partial charge in [-0.25, -0.2) is 0 Å². The molecule has 2 heterocycles. The molecule has 156 valence electrons. The average Bonchev–Trinajstić information content (AvgIpc) is 3.44. The van der Waals surface area contributed by atoms with Gasteiger partial charge in [0.1, 0.15) is 5.75 Å². The quantitative estimate of drug-likeness (QED) is 0.649. The second-order valence-corrected chi connectivity index (χ2v) is 9.30. The van der Waals surface area contributed by atoms with Crippen LogP contribution >= 0.6 is 11.8 Å². The van der Waals surface area contributed by atoms with Crippen molar-refractivity contribution in [3.8, 4) is 17.1 Å². The Morgan fingerprint density at radius 3 is 2.41 bits per heavy atom. The maximum atomic E-state index is 12.8. The highest BCUT2D eigenvalue weighted by atomic mass is 32.2. The Labute approximate surface area is 177 Å². The summed E-state index contributed by atoms with van der Waals surface area (Å²) in [7, 11) is 1.67. The Hall–Kier alpha value is -2.02. The Morgan fingerprint density at radius 2 is 1.76 bits per heavy atom. The number of amides is 1. The van der Waals surface area contributed by atoms with Gasteiger partial charge in [-0.05, 0) is 56.9 Å². The first-order chi connectivity index (χ1) is 14.2. The molecule has 0 N–H and O–H groups in total. The van der Waals surface area contributed by atoms with Gasteiger partial charge in [0.25, 0.3) is 0 Å². The summed E-state index contributed by atoms with van der Waals surface area (Å²) in [5.74, 6) is 1.94. The van der Waals surface area contributed by atoms with Crippen molar-refractivity contribution in [1.29, 1.82) is 0 Å². The number of thioether (sulfide) groups is 1. The number of carbonyl (C=O) groups is 1. The first-order valence-electron chi connectivity index (χ1n) is 10.7. The van der Waals surface area contributed by atoms with Crippen molar-refractivity contribution in [2.75, 3.05) is 20.2 Å². The molecule has 1 aromatic carbocycles. The van der Waals surface area contributed by atoms with Crippen LogP contribution in [-0.4, -0.2) is 51.0 Å². The zero-order valence-corrected chi connectivity index (χ0v) is 18.2. The van der Waals surface area contributed by atoms with Crippen LogP contribution < -0.4 is 4.74 Å². The zero-order valence-electron chi connectivity index (χ0n) is 17.3. The monoisotopic (exact) mass is 414 g/mol. The van der Waals surface area contributed by atoms with Crippen LogP contribution in [0.3, 0.4) is 0 Å². The first-order valence-corrected chi connectivity index (χ1v) is 11.6. The molecule has 6 nitrogen and oxygen atoms in total. The number of benzene rings is 1. The summed E-state index contributed by atoms with van der Waals surface area (Å²) in [4.78, 5) is 14.8. The highest BCUT2D eigenvalue weighted by Gasteiger charge is 2.29. The van der Waals surface area contributed by atoms with E-state index >= 15 is 0 Å². The van der Waals surface area contributed by atoms with E-state index in [1.807, 2.05) is 36.1 Å². The number of likely N-dealkylation sites (tertiary alicyclic amines) is 1. The van der Waals surface area contributed by atoms with Crippen LogP contribution in [0.15, 0.2) is 29.4 Å². The number of rotatable bonds is 6. The van der Waals surface area contributed by atoms with Gasteiger partial charge >= 0.3 is 0 Å². The van der Waals surface area contributed by atoms with E-state index in [4.69, 9.17) is 4.74 Å². The third kappa shape index (κ3) is 4.44. The van der Waals surface area contributed by atoms with Crippen LogP contribution in [0.1, 0.15) is 57.9 Å². The minimum absolute atomic E-state index is 0.150. The average molecular weight is 415 g/mol. The lowest BCUT2D eigenvalue weighted by atomic mass is 9.95. The molecular weight excluding hydrogens is 384 g/mol. The fourth-order valence-electron chi connectivity index (χ4n) is 4.37. The number of hydrogen-bond donors (Lipinski definition) is 0. The zero-order chi connectivity index (χ0) is 20.2. The van der Waals surface area contributed by atoms with Gasteiger partial charge in [-0.1, -0.05) is 31.0 Å². The molecule has 4 rings (SSSR count). The number of methoxy groups -OCH3 is 1. The molecule has 2 aromatic rings. The van der Waals surface area contributed by atoms with Gasteiger partial charge in [0.15, 0.2) is 11.0 Å². The van der Waals surface area contributed by atoms with Crippen molar-refractivity contribution in [3.63, 3.8) is 0 Å². The standard InChI is InChI=1S/C22H30N4O2S/c1-16(21(27)25-14-6-7-15-25)29-22-24-23-20(17-10-12-19(28-2)13-11-17)26(22)18-8-4-3-5-9-18/h10-13,16,18H,3-9,14-15H2,1-2H3/t16-/m0/s1. The summed E-state index contributed by atoms with van der Waals surface area (Å²) in [6.07, 6.45) is 8.27. The molecule has 1 aliphatic heterocycles. The summed E-state index contributed by atoms with van der Waals surface area (Å²) < 4.78 is 7.59. The van der Waals surface area contributed by atoms with Crippen molar-refractivity contribution < 1.29 is 9.53 Å². The van der Waals surface area contributed by atoms with E-state index in [2.05, 4.69) is 14.8 Å². The molecule has 0 unspecified atom stereocenters. The van der Waals surface area contributed by atoms with Gasteiger partial charge in [-0.15, -0.1) is 10.2 Å². The number of ether oxygens (including phenoxy) is 1. The smallest absolute Gasteiger partial charge is 0.235 e. The van der Waals surface area contributed by atoms with Gasteiger partial charge in [0.05, 0.1) is 12.4 Å². The van der Waals surface area contributed by atoms with Crippen LogP contribution in [-0.2, 0) is 4.79 Å². The third-order valence-corrected chi connectivity index (χ3v) is 7.04. The van der Waals surface area contributed by atoms with E-state index in [1.165, 1.54) is 19.3 Å². The molecule has 1 aromatic heterocycles. The van der Waals surface area contributed by atoms with Gasteiger partial charge in [0.2, 0.25) is 5.91 Å². The van der Waals surface area contributed by atoms with Gasteiger partial charge in [-0.2, -0.15) is 0 Å². The topological polar surface area (TPSA) is 60.3 Å². The first kappa shape index (κ1) is 20.3. The van der Waals surface area contributed by atoms with E-state index < -0.39 is 0 Å². The SMILES string of the molecule is COc1ccc(-c2nnc(S[C@@H](C)C(=O)N3CCCC3)n2C2CCCCC2)cc1. The summed E-state index contributed by atoms with van der Waals surface area (Å²) in [5.41, 5.74) is 1.04. The summed E-state index contributed by atoms with van der Waals surface area (Å²) in [6, 6.07) is 8.39. The van der Waals surface area contributed by atoms with Crippen LogP contribution in [0.25, 0.3) is 11.4 Å². The lowest BCUT2D eigenvalue weighted by molar-refractivity contribution is -0.129. The van der Waals surface area contributed by atoms with Gasteiger partial charge < -0.3 is 9.64 Å². The molecule has 1 saturated carbocycles. The number of nitrogens with zero attached hydrogens (tertiary/aromatic N) is 4. The lowest BCUT2D eigenvalue weighted by Crippen LogP contribution is -2.34. The molecule has 2 fully saturated rings. The number of carbonyl (C=O) groups excluding carboxylic acids is 1. The van der Waals surface area contributed by atoms with Crippen molar-refractivity contribution in [3.05, 3.63) is 24.3 Å². The molecule has 0 bridgehead atoms. The summed E-state index contributed by atoms with van der Waals surface area (Å²) in [6.45, 7) is 3.77. The molecule has 1 aliphatic carbocycles. The molecule has 1 saturated heterocycles. The molecule has 29 heavy (non-hydrogen) atoms. The van der Waals surface area contributed by atoms with Crippen molar-refractivity contribution in [1.82, 2.24) is 19.7 Å². The highest BCUT2D eigenvalue weighted by molar-refractivity contribution is 8.00. The Balaban J connectivity index is 1.62. The van der Waals surface area contributed by atoms with Crippen LogP contribution in [0, 0.1) is 0 Å². The maximum Gasteiger partial charge on any atom is 0.235 e. The predicted molar refractivity (Wildman–Crippen MR) is 115 cm³/mol. The molecule has 1 amide bonds. The largest absolute Gasteiger partial charge is 0.497 e. The second-order valence-electron chi connectivity index (χ2n) is 7.99. The van der Waals surface area contributed by atoms with Crippen LogP contribution in [0.2, 0.25) is 0 Å². The molecule has 0 radical (unpaired) electrons. The summed E-state index contributed by atoms with van der Waals surface area (Å²) in [5, 5.41) is 9.80. The van der Waals surface area contributed by atoms with Gasteiger partial charge in [-0.3, -0.25) is 9.36 Å². The highest BCUT2D eigenvalue weighted by Crippen LogP contribution is 2.37. The lowest BCUT2D eigenvalue weighted by Gasteiger charge is -2.26. The van der Waals surface area contributed by atoms with E-state index in [0.29, 0.717) is 6.04 Å². The maximum absolute atomic E-state index is 12.8. The normalized spacial score (nSPS) is 18.8. The molecule has 1 atom stereocenters. The van der Waals surface area contributed by atoms with Crippen molar-refractivity contribution in [2.45, 2.75) is 68.3 Å². The second kappa shape index (κ2) is 9.20. The fraction of sp³-hybridized carbons (Fsp3) is 0.591. The third-order valence-electron chi connectivity index (χ3n) is 6.00. The summed E-state index contributed by atoms with van der Waals surface area (Å²) >= 11 is 1.56. The Kier molecular flexibility index (Phi) is 6.43. The van der Waals surface area contributed by atoms with E-state index in [9.17, 15) is 4.79 Å². The van der Waals surface area contributed by atoms with Gasteiger partial charge in [0, 0.05) is 24.7 Å². The van der Waals surface area contributed by atoms with Crippen LogP contribution in [0.5, 0.6) is 5.75 Å². The Bertz CT molecular complexity index is 824. The van der Waals surface area contributed by atoms with Crippen LogP contribution in [0.4, 0.5) is 0 Å². The van der Waals surface area contributed by atoms with E-state index in [1.54, 1.807) is 18.9 Å². The molecule has 2 aliphatic rings. The number of hydrogen-bond acceptors (Lipinski definition) is 5. The van der Waals surface area contributed by atoms with E-state index in [-0.39, 0.29) is 11.2 Å². The Morgan fingerprint density at radius 1 is 1.07 bits per heavy atom. The minimum atomic E-state index is -0.150. The van der Waals surface area contributed by atoms with E-state index in [0.717, 1.165) is 61.1 Å². The molecule has 7 heteroatoms. The number of aromatic nitrogens is 3. The minimum Gasteiger partial charge on any atom is -0.497 e. The molecule has 0 spiro atoms. The molecular formula is C22H30N4O2S. The predicted octanol–water partition coefficient (Wildman–Crippen LogP) is 4.56.